The molecule has 0 aliphatic carbocycles. The van der Waals surface area contributed by atoms with E-state index in [0.29, 0.717) is 0 Å². The molecule has 0 aliphatic rings. The second kappa shape index (κ2) is 2.77. The first-order valence-corrected chi connectivity index (χ1v) is 3.21. The Balaban J connectivity index is 3.83. The summed E-state index contributed by atoms with van der Waals surface area (Å²) in [5, 5.41) is 0. The number of carbonyl (C=O) groups is 2. The number of rotatable bonds is 2. The van der Waals surface area contributed by atoms with Crippen LogP contribution in [0.15, 0.2) is 0 Å². The van der Waals surface area contributed by atoms with E-state index in [9.17, 15) is 9.59 Å². The number of carbonyl (C=O) groups excluding carboxylic acids is 2. The molecule has 8 heavy (non-hydrogen) atoms. The van der Waals surface area contributed by atoms with E-state index in [0.717, 1.165) is 0 Å². The Hall–Kier alpha value is -0.443. The normalized spacial score (nSPS) is 9.50. The van der Waals surface area contributed by atoms with Crippen LogP contribution in [0.3, 0.4) is 0 Å². The largest absolute Gasteiger partial charge is 0.300 e. The van der Waals surface area contributed by atoms with Gasteiger partial charge in [-0.2, -0.15) is 0 Å². The minimum absolute atomic E-state index is 0.0455. The van der Waals surface area contributed by atoms with E-state index in [1.165, 1.54) is 24.1 Å². The van der Waals surface area contributed by atoms with E-state index < -0.39 is 0 Å². The van der Waals surface area contributed by atoms with Crippen molar-refractivity contribution in [1.82, 2.24) is 0 Å². The molecule has 0 aromatic rings. The van der Waals surface area contributed by atoms with Crippen molar-refractivity contribution in [3.05, 3.63) is 0 Å². The molecule has 0 amide bonds. The van der Waals surface area contributed by atoms with Gasteiger partial charge in [0, 0.05) is 10.2 Å². The molecular weight excluding hydrogens is 120 g/mol. The number of Topliss-reactive ketones (excluding diaryl/α,β-unsaturated/α-hetero) is 2. The SMILES string of the molecule is CC(=O)C([SiH2])C(C)=O. The van der Waals surface area contributed by atoms with Crippen LogP contribution in [0, 0.1) is 0 Å². The van der Waals surface area contributed by atoms with Gasteiger partial charge in [-0.3, -0.25) is 9.59 Å². The lowest BCUT2D eigenvalue weighted by Gasteiger charge is -1.97. The molecule has 0 heterocycles. The van der Waals surface area contributed by atoms with Crippen LogP contribution < -0.4 is 0 Å². The molecule has 45 valence electrons. The summed E-state index contributed by atoms with van der Waals surface area (Å²) in [5.74, 6) is -0.0910. The quantitative estimate of drug-likeness (QED) is 0.375. The number of hydrogen-bond donors (Lipinski definition) is 0. The van der Waals surface area contributed by atoms with E-state index in [4.69, 9.17) is 0 Å². The zero-order chi connectivity index (χ0) is 6.73. The Morgan fingerprint density at radius 2 is 1.50 bits per heavy atom. The van der Waals surface area contributed by atoms with Crippen LogP contribution in [0.5, 0.6) is 0 Å². The standard InChI is InChI=1S/C5H9O2Si/c1-3(6)5(8)4(2)7/h5H,8H2,1-2H3. The molecule has 1 radical (unpaired) electrons. The van der Waals surface area contributed by atoms with Gasteiger partial charge in [0.2, 0.25) is 0 Å². The molecule has 0 saturated heterocycles. The molecule has 0 fully saturated rings. The third-order valence-corrected chi connectivity index (χ3v) is 2.13. The van der Waals surface area contributed by atoms with Crippen LogP contribution >= 0.6 is 0 Å². The molecule has 0 N–H and O–H groups in total. The molecule has 3 heteroatoms. The zero-order valence-electron chi connectivity index (χ0n) is 5.10. The maximum absolute atomic E-state index is 10.4. The molecule has 2 nitrogen and oxygen atoms in total. The van der Waals surface area contributed by atoms with Gasteiger partial charge in [0.1, 0.15) is 11.6 Å². The van der Waals surface area contributed by atoms with Crippen LogP contribution in [0.25, 0.3) is 0 Å². The molecule has 0 aromatic carbocycles. The summed E-state index contributed by atoms with van der Waals surface area (Å²) in [6.07, 6.45) is 0. The van der Waals surface area contributed by atoms with Crippen molar-refractivity contribution in [2.75, 3.05) is 0 Å². The van der Waals surface area contributed by atoms with Crippen LogP contribution in [0.4, 0.5) is 0 Å². The lowest BCUT2D eigenvalue weighted by atomic mass is 10.2. The van der Waals surface area contributed by atoms with Crippen molar-refractivity contribution >= 4 is 21.8 Å². The summed E-state index contributed by atoms with van der Waals surface area (Å²) in [7, 11) is 1.42. The molecule has 0 saturated carbocycles. The highest BCUT2D eigenvalue weighted by Gasteiger charge is 2.10. The summed E-state index contributed by atoms with van der Waals surface area (Å²) >= 11 is 0. The third-order valence-electron chi connectivity index (χ3n) is 0.981. The highest BCUT2D eigenvalue weighted by molar-refractivity contribution is 6.35. The minimum Gasteiger partial charge on any atom is -0.300 e. The molecule has 0 aliphatic heterocycles. The molecule has 0 aromatic heterocycles. The van der Waals surface area contributed by atoms with Gasteiger partial charge in [-0.25, -0.2) is 0 Å². The third kappa shape index (κ3) is 2.02. The minimum atomic E-state index is -0.380. The second-order valence-electron chi connectivity index (χ2n) is 1.77. The van der Waals surface area contributed by atoms with E-state index >= 15 is 0 Å². The van der Waals surface area contributed by atoms with Gasteiger partial charge in [-0.15, -0.1) is 0 Å². The van der Waals surface area contributed by atoms with Crippen molar-refractivity contribution in [3.8, 4) is 0 Å². The summed E-state index contributed by atoms with van der Waals surface area (Å²) in [6, 6.07) is 0. The Morgan fingerprint density at radius 3 is 1.50 bits per heavy atom. The van der Waals surface area contributed by atoms with Crippen molar-refractivity contribution in [2.45, 2.75) is 19.4 Å². The monoisotopic (exact) mass is 129 g/mol. The van der Waals surface area contributed by atoms with Crippen molar-refractivity contribution in [1.29, 1.82) is 0 Å². The van der Waals surface area contributed by atoms with Crippen LogP contribution in [0.1, 0.15) is 13.8 Å². The van der Waals surface area contributed by atoms with Crippen molar-refractivity contribution in [2.24, 2.45) is 0 Å². The molecule has 0 bridgehead atoms. The average Bonchev–Trinajstić information content (AvgIpc) is 1.64. The Morgan fingerprint density at radius 1 is 1.25 bits per heavy atom. The maximum Gasteiger partial charge on any atom is 0.136 e. The predicted molar refractivity (Wildman–Crippen MR) is 33.7 cm³/mol. The Bertz CT molecular complexity index is 106. The van der Waals surface area contributed by atoms with Crippen LogP contribution in [-0.4, -0.2) is 21.8 Å². The highest BCUT2D eigenvalue weighted by Crippen LogP contribution is 1.99. The lowest BCUT2D eigenvalue weighted by Crippen LogP contribution is -2.11. The molecular formula is C5H9O2Si. The smallest absolute Gasteiger partial charge is 0.136 e. The Kier molecular flexibility index (Phi) is 2.61. The first-order chi connectivity index (χ1) is 3.55. The maximum atomic E-state index is 10.4. The zero-order valence-corrected chi connectivity index (χ0v) is 6.52. The van der Waals surface area contributed by atoms with Gasteiger partial charge in [0.25, 0.3) is 0 Å². The van der Waals surface area contributed by atoms with Gasteiger partial charge < -0.3 is 0 Å². The second-order valence-corrected chi connectivity index (χ2v) is 2.59. The summed E-state index contributed by atoms with van der Waals surface area (Å²) in [4.78, 5) is 20.7. The summed E-state index contributed by atoms with van der Waals surface area (Å²) in [5.41, 5.74) is -0.380. The highest BCUT2D eigenvalue weighted by atomic mass is 28.1. The number of hydrogen-bond acceptors (Lipinski definition) is 2. The predicted octanol–water partition coefficient (Wildman–Crippen LogP) is -0.414. The fourth-order valence-corrected chi connectivity index (χ4v) is 0.286. The van der Waals surface area contributed by atoms with Gasteiger partial charge in [0.05, 0.1) is 5.54 Å². The van der Waals surface area contributed by atoms with Crippen molar-refractivity contribution < 1.29 is 9.59 Å². The van der Waals surface area contributed by atoms with Gasteiger partial charge in [-0.05, 0) is 13.8 Å². The van der Waals surface area contributed by atoms with Gasteiger partial charge in [0.15, 0.2) is 0 Å². The summed E-state index contributed by atoms with van der Waals surface area (Å²) < 4.78 is 0. The van der Waals surface area contributed by atoms with E-state index in [2.05, 4.69) is 0 Å². The van der Waals surface area contributed by atoms with Crippen LogP contribution in [0.2, 0.25) is 5.54 Å². The van der Waals surface area contributed by atoms with Gasteiger partial charge in [-0.1, -0.05) is 0 Å². The van der Waals surface area contributed by atoms with Crippen molar-refractivity contribution in [3.63, 3.8) is 0 Å². The molecule has 0 spiro atoms. The topological polar surface area (TPSA) is 34.1 Å². The molecule has 0 unspecified atom stereocenters. The molecule has 0 rings (SSSR count). The first-order valence-electron chi connectivity index (χ1n) is 2.39. The summed E-state index contributed by atoms with van der Waals surface area (Å²) in [6.45, 7) is 2.86. The number of ketones is 2. The lowest BCUT2D eigenvalue weighted by molar-refractivity contribution is -0.124. The fourth-order valence-electron chi connectivity index (χ4n) is 0.286. The first kappa shape index (κ1) is 7.56. The van der Waals surface area contributed by atoms with Gasteiger partial charge >= 0.3 is 0 Å². The van der Waals surface area contributed by atoms with Crippen LogP contribution in [-0.2, 0) is 9.59 Å². The molecule has 0 atom stereocenters. The van der Waals surface area contributed by atoms with E-state index in [-0.39, 0.29) is 17.1 Å². The van der Waals surface area contributed by atoms with E-state index in [1.54, 1.807) is 0 Å². The fraction of sp³-hybridized carbons (Fsp3) is 0.600. The Labute approximate surface area is 51.7 Å². The van der Waals surface area contributed by atoms with E-state index in [1.807, 2.05) is 0 Å². The average molecular weight is 129 g/mol.